The smallest absolute Gasteiger partial charge is 0.317 e. The van der Waals surface area contributed by atoms with E-state index < -0.39 is 5.97 Å². The summed E-state index contributed by atoms with van der Waals surface area (Å²) in [6.07, 6.45) is -0.0922. The van der Waals surface area contributed by atoms with Crippen LogP contribution in [0.25, 0.3) is 11.1 Å². The summed E-state index contributed by atoms with van der Waals surface area (Å²) < 4.78 is 18.7. The molecule has 3 aromatic carbocycles. The van der Waals surface area contributed by atoms with Crippen LogP contribution >= 0.6 is 0 Å². The van der Waals surface area contributed by atoms with Crippen molar-refractivity contribution in [3.63, 3.8) is 0 Å². The molecule has 0 unspecified atom stereocenters. The van der Waals surface area contributed by atoms with E-state index in [0.29, 0.717) is 30.9 Å². The van der Waals surface area contributed by atoms with Crippen molar-refractivity contribution in [3.05, 3.63) is 88.7 Å². The highest BCUT2D eigenvalue weighted by Gasteiger charge is 2.17. The van der Waals surface area contributed by atoms with E-state index in [2.05, 4.69) is 5.32 Å². The van der Waals surface area contributed by atoms with Gasteiger partial charge in [-0.3, -0.25) is 4.79 Å². The van der Waals surface area contributed by atoms with Crippen molar-refractivity contribution >= 4 is 12.0 Å². The zero-order chi connectivity index (χ0) is 24.7. The van der Waals surface area contributed by atoms with Gasteiger partial charge >= 0.3 is 12.0 Å². The lowest BCUT2D eigenvalue weighted by molar-refractivity contribution is -0.136. The molecule has 0 saturated carbocycles. The second-order valence-electron chi connectivity index (χ2n) is 8.07. The fraction of sp³-hybridized carbons (Fsp3) is 0.259. The number of benzene rings is 3. The lowest BCUT2D eigenvalue weighted by atomic mass is 9.94. The van der Waals surface area contributed by atoms with E-state index in [0.717, 1.165) is 27.8 Å². The zero-order valence-corrected chi connectivity index (χ0v) is 19.6. The molecule has 3 rings (SSSR count). The molecule has 0 bridgehead atoms. The minimum Gasteiger partial charge on any atom is -0.496 e. The van der Waals surface area contributed by atoms with Crippen LogP contribution < -0.4 is 10.1 Å². The van der Waals surface area contributed by atoms with Crippen LogP contribution in [0.15, 0.2) is 60.7 Å². The van der Waals surface area contributed by atoms with Gasteiger partial charge in [-0.25, -0.2) is 9.18 Å². The summed E-state index contributed by atoms with van der Waals surface area (Å²) in [6.45, 7) is 5.02. The number of methoxy groups -OCH3 is 1. The van der Waals surface area contributed by atoms with E-state index in [1.54, 1.807) is 36.3 Å². The lowest BCUT2D eigenvalue weighted by Crippen LogP contribution is -2.39. The first-order chi connectivity index (χ1) is 16.3. The third-order valence-corrected chi connectivity index (χ3v) is 5.56. The number of nitrogens with zero attached hydrogens (tertiary/aromatic N) is 1. The average molecular weight is 465 g/mol. The molecular weight excluding hydrogens is 435 g/mol. The van der Waals surface area contributed by atoms with Crippen LogP contribution in [0.4, 0.5) is 9.18 Å². The van der Waals surface area contributed by atoms with Crippen LogP contribution in [-0.2, 0) is 24.3 Å². The van der Waals surface area contributed by atoms with Crippen LogP contribution in [0, 0.1) is 12.7 Å². The predicted octanol–water partition coefficient (Wildman–Crippen LogP) is 5.17. The van der Waals surface area contributed by atoms with Gasteiger partial charge in [0.25, 0.3) is 0 Å². The van der Waals surface area contributed by atoms with Gasteiger partial charge in [-0.1, -0.05) is 42.0 Å². The Hall–Kier alpha value is -3.87. The Bertz CT molecular complexity index is 1160. The van der Waals surface area contributed by atoms with Gasteiger partial charge in [0, 0.05) is 25.2 Å². The van der Waals surface area contributed by atoms with Gasteiger partial charge in [-0.05, 0) is 60.4 Å². The number of ether oxygens (including phenoxy) is 1. The van der Waals surface area contributed by atoms with E-state index in [4.69, 9.17) is 4.74 Å². The fourth-order valence-electron chi connectivity index (χ4n) is 3.79. The van der Waals surface area contributed by atoms with Gasteiger partial charge in [0.1, 0.15) is 11.6 Å². The van der Waals surface area contributed by atoms with E-state index in [1.807, 2.05) is 38.1 Å². The number of carboxylic acid groups (broad SMARTS) is 1. The number of aryl methyl sites for hydroxylation is 1. The molecule has 0 heterocycles. The highest BCUT2D eigenvalue weighted by molar-refractivity contribution is 5.78. The Morgan fingerprint density at radius 2 is 1.71 bits per heavy atom. The molecule has 0 aromatic heterocycles. The third-order valence-electron chi connectivity index (χ3n) is 5.56. The fourth-order valence-corrected chi connectivity index (χ4v) is 3.79. The van der Waals surface area contributed by atoms with E-state index in [9.17, 15) is 19.1 Å². The van der Waals surface area contributed by atoms with E-state index >= 15 is 0 Å². The Labute approximate surface area is 199 Å². The first-order valence-corrected chi connectivity index (χ1v) is 11.1. The molecule has 6 nitrogen and oxygen atoms in total. The maximum absolute atomic E-state index is 13.1. The maximum atomic E-state index is 13.1. The largest absolute Gasteiger partial charge is 0.496 e. The van der Waals surface area contributed by atoms with Crippen LogP contribution in [0.2, 0.25) is 0 Å². The number of aliphatic carboxylic acids is 1. The number of urea groups is 1. The summed E-state index contributed by atoms with van der Waals surface area (Å²) in [5.74, 6) is -0.599. The van der Waals surface area contributed by atoms with E-state index in [1.165, 1.54) is 12.1 Å². The molecule has 0 aliphatic rings. The van der Waals surface area contributed by atoms with Gasteiger partial charge < -0.3 is 20.1 Å². The molecule has 0 aliphatic carbocycles. The molecule has 0 aliphatic heterocycles. The Morgan fingerprint density at radius 1 is 1.00 bits per heavy atom. The van der Waals surface area contributed by atoms with Gasteiger partial charge in [0.2, 0.25) is 0 Å². The summed E-state index contributed by atoms with van der Waals surface area (Å²) in [7, 11) is 1.57. The molecule has 0 saturated heterocycles. The molecule has 3 aromatic rings. The first-order valence-electron chi connectivity index (χ1n) is 11.1. The third kappa shape index (κ3) is 6.34. The monoisotopic (exact) mass is 464 g/mol. The SMILES string of the molecule is CCN(Cc1cc(C)ccc1-c1cc(CC(=O)O)ccc1OC)C(=O)NCc1ccc(F)cc1. The quantitative estimate of drug-likeness (QED) is 0.458. The number of carbonyl (C=O) groups is 2. The van der Waals surface area contributed by atoms with Gasteiger partial charge in [0.05, 0.1) is 13.5 Å². The average Bonchev–Trinajstić information content (AvgIpc) is 2.81. The van der Waals surface area contributed by atoms with Crippen molar-refractivity contribution in [3.8, 4) is 16.9 Å². The number of carbonyl (C=O) groups excluding carboxylic acids is 1. The molecule has 2 N–H and O–H groups in total. The van der Waals surface area contributed by atoms with Crippen molar-refractivity contribution in [2.75, 3.05) is 13.7 Å². The van der Waals surface area contributed by atoms with Gasteiger partial charge in [0.15, 0.2) is 0 Å². The zero-order valence-electron chi connectivity index (χ0n) is 19.6. The number of nitrogens with one attached hydrogen (secondary N) is 1. The highest BCUT2D eigenvalue weighted by Crippen LogP contribution is 2.34. The van der Waals surface area contributed by atoms with Crippen LogP contribution in [0.3, 0.4) is 0 Å². The van der Waals surface area contributed by atoms with Crippen LogP contribution in [-0.4, -0.2) is 35.7 Å². The number of hydrogen-bond donors (Lipinski definition) is 2. The lowest BCUT2D eigenvalue weighted by Gasteiger charge is -2.24. The number of halogens is 1. The Balaban J connectivity index is 1.87. The van der Waals surface area contributed by atoms with E-state index in [-0.39, 0.29) is 18.3 Å². The molecule has 2 amide bonds. The second kappa shape index (κ2) is 11.3. The minimum atomic E-state index is -0.907. The number of hydrogen-bond acceptors (Lipinski definition) is 3. The molecule has 0 fully saturated rings. The molecule has 34 heavy (non-hydrogen) atoms. The standard InChI is InChI=1S/C27H29FN2O4/c1-4-30(27(33)29-16-19-6-9-22(28)10-7-19)17-21-13-18(2)5-11-23(21)24-14-20(15-26(31)32)8-12-25(24)34-3/h5-14H,4,15-17H2,1-3H3,(H,29,33)(H,31,32). The van der Waals surface area contributed by atoms with Crippen molar-refractivity contribution in [1.82, 2.24) is 10.2 Å². The summed E-state index contributed by atoms with van der Waals surface area (Å²) in [5, 5.41) is 12.1. The van der Waals surface area contributed by atoms with Crippen molar-refractivity contribution < 1.29 is 23.8 Å². The molecule has 178 valence electrons. The minimum absolute atomic E-state index is 0.0922. The number of carboxylic acids is 1. The summed E-state index contributed by atoms with van der Waals surface area (Å²) in [5.41, 5.74) is 5.09. The highest BCUT2D eigenvalue weighted by atomic mass is 19.1. The maximum Gasteiger partial charge on any atom is 0.317 e. The number of rotatable bonds is 9. The second-order valence-corrected chi connectivity index (χ2v) is 8.07. The van der Waals surface area contributed by atoms with Crippen molar-refractivity contribution in [1.29, 1.82) is 0 Å². The summed E-state index contributed by atoms with van der Waals surface area (Å²) in [4.78, 5) is 25.8. The Morgan fingerprint density at radius 3 is 2.35 bits per heavy atom. The molecule has 0 spiro atoms. The number of amides is 2. The van der Waals surface area contributed by atoms with Crippen LogP contribution in [0.5, 0.6) is 5.75 Å². The predicted molar refractivity (Wildman–Crippen MR) is 129 cm³/mol. The van der Waals surface area contributed by atoms with Crippen molar-refractivity contribution in [2.24, 2.45) is 0 Å². The molecular formula is C27H29FN2O4. The topological polar surface area (TPSA) is 78.9 Å². The Kier molecular flexibility index (Phi) is 8.24. The van der Waals surface area contributed by atoms with Crippen molar-refractivity contribution in [2.45, 2.75) is 33.4 Å². The molecule has 7 heteroatoms. The molecule has 0 atom stereocenters. The first kappa shape index (κ1) is 24.8. The normalized spacial score (nSPS) is 10.6. The summed E-state index contributed by atoms with van der Waals surface area (Å²) in [6, 6.07) is 17.1. The van der Waals surface area contributed by atoms with Gasteiger partial charge in [-0.2, -0.15) is 0 Å². The summed E-state index contributed by atoms with van der Waals surface area (Å²) >= 11 is 0. The van der Waals surface area contributed by atoms with Gasteiger partial charge in [-0.15, -0.1) is 0 Å². The van der Waals surface area contributed by atoms with Crippen LogP contribution in [0.1, 0.15) is 29.2 Å². The molecule has 0 radical (unpaired) electrons.